The van der Waals surface area contributed by atoms with E-state index in [0.29, 0.717) is 17.1 Å². The topological polar surface area (TPSA) is 91.5 Å². The Morgan fingerprint density at radius 1 is 0.821 bits per heavy atom. The van der Waals surface area contributed by atoms with Gasteiger partial charge in [0.05, 0.1) is 12.8 Å². The van der Waals surface area contributed by atoms with Crippen LogP contribution in [0.2, 0.25) is 0 Å². The molecule has 28 heavy (non-hydrogen) atoms. The number of amides is 4. The van der Waals surface area contributed by atoms with Crippen molar-refractivity contribution in [2.75, 3.05) is 17.7 Å². The first kappa shape index (κ1) is 20.3. The lowest BCUT2D eigenvalue weighted by Gasteiger charge is -2.23. The zero-order valence-corrected chi connectivity index (χ0v) is 16.7. The van der Waals surface area contributed by atoms with Gasteiger partial charge >= 0.3 is 12.1 Å². The number of hydrogen-bond donors (Lipinski definition) is 4. The number of urea groups is 2. The van der Waals surface area contributed by atoms with Crippen LogP contribution in [0.15, 0.2) is 18.2 Å². The third kappa shape index (κ3) is 6.04. The molecule has 0 spiro atoms. The molecule has 2 saturated carbocycles. The van der Waals surface area contributed by atoms with Gasteiger partial charge in [-0.25, -0.2) is 9.59 Å². The molecule has 2 aliphatic carbocycles. The number of methoxy groups -OCH3 is 1. The molecule has 3 rings (SSSR count). The van der Waals surface area contributed by atoms with E-state index in [2.05, 4.69) is 21.3 Å². The van der Waals surface area contributed by atoms with Crippen molar-refractivity contribution in [3.05, 3.63) is 18.2 Å². The van der Waals surface area contributed by atoms with E-state index in [1.54, 1.807) is 25.3 Å². The van der Waals surface area contributed by atoms with Gasteiger partial charge < -0.3 is 26.0 Å². The molecule has 7 nitrogen and oxygen atoms in total. The molecule has 4 N–H and O–H groups in total. The van der Waals surface area contributed by atoms with Crippen LogP contribution in [-0.4, -0.2) is 31.3 Å². The lowest BCUT2D eigenvalue weighted by Crippen LogP contribution is -2.39. The number of anilines is 2. The molecule has 0 heterocycles. The molecule has 0 radical (unpaired) electrons. The van der Waals surface area contributed by atoms with Crippen molar-refractivity contribution >= 4 is 23.4 Å². The van der Waals surface area contributed by atoms with Gasteiger partial charge in [-0.1, -0.05) is 38.5 Å². The summed E-state index contributed by atoms with van der Waals surface area (Å²) in [7, 11) is 1.56. The molecule has 1 aromatic carbocycles. The summed E-state index contributed by atoms with van der Waals surface area (Å²) in [6.07, 6.45) is 11.2. The highest BCUT2D eigenvalue weighted by molar-refractivity contribution is 5.94. The third-order valence-corrected chi connectivity index (χ3v) is 5.59. The van der Waals surface area contributed by atoms with Crippen LogP contribution in [-0.2, 0) is 0 Å². The highest BCUT2D eigenvalue weighted by atomic mass is 16.5. The Morgan fingerprint density at radius 3 is 1.89 bits per heavy atom. The second-order valence-corrected chi connectivity index (χ2v) is 7.78. The fourth-order valence-electron chi connectivity index (χ4n) is 4.07. The summed E-state index contributed by atoms with van der Waals surface area (Å²) in [5.74, 6) is 0.553. The Hall–Kier alpha value is -2.44. The van der Waals surface area contributed by atoms with E-state index in [9.17, 15) is 9.59 Å². The number of nitrogens with one attached hydrogen (secondary N) is 4. The van der Waals surface area contributed by atoms with Gasteiger partial charge in [0, 0.05) is 17.8 Å². The van der Waals surface area contributed by atoms with Crippen molar-refractivity contribution in [1.29, 1.82) is 0 Å². The van der Waals surface area contributed by atoms with Crippen LogP contribution in [0.3, 0.4) is 0 Å². The second kappa shape index (κ2) is 10.2. The van der Waals surface area contributed by atoms with Crippen molar-refractivity contribution in [3.63, 3.8) is 0 Å². The van der Waals surface area contributed by atoms with Crippen molar-refractivity contribution in [3.8, 4) is 5.75 Å². The molecule has 0 aromatic heterocycles. The van der Waals surface area contributed by atoms with Crippen molar-refractivity contribution < 1.29 is 14.3 Å². The summed E-state index contributed by atoms with van der Waals surface area (Å²) >= 11 is 0. The standard InChI is InChI=1S/C21H32N4O3/c1-28-19-13-12-17(24-20(26)22-15-8-4-2-5-9-15)14-18(19)25-21(27)23-16-10-6-3-7-11-16/h12-16H,2-11H2,1H3,(H2,22,24,26)(H2,23,25,27). The summed E-state index contributed by atoms with van der Waals surface area (Å²) < 4.78 is 5.35. The number of ether oxygens (including phenoxy) is 1. The van der Waals surface area contributed by atoms with E-state index in [0.717, 1.165) is 51.4 Å². The molecule has 0 saturated heterocycles. The van der Waals surface area contributed by atoms with E-state index >= 15 is 0 Å². The minimum atomic E-state index is -0.242. The largest absolute Gasteiger partial charge is 0.495 e. The number of benzene rings is 1. The molecular formula is C21H32N4O3. The average molecular weight is 389 g/mol. The van der Waals surface area contributed by atoms with Gasteiger partial charge in [-0.15, -0.1) is 0 Å². The van der Waals surface area contributed by atoms with E-state index in [-0.39, 0.29) is 24.1 Å². The summed E-state index contributed by atoms with van der Waals surface area (Å²) in [5, 5.41) is 11.8. The summed E-state index contributed by atoms with van der Waals surface area (Å²) in [6, 6.07) is 5.24. The van der Waals surface area contributed by atoms with Crippen LogP contribution in [0.5, 0.6) is 5.75 Å². The Kier molecular flexibility index (Phi) is 7.39. The quantitative estimate of drug-likeness (QED) is 0.594. The predicted octanol–water partition coefficient (Wildman–Crippen LogP) is 4.60. The minimum absolute atomic E-state index is 0.213. The second-order valence-electron chi connectivity index (χ2n) is 7.78. The molecule has 4 amide bonds. The van der Waals surface area contributed by atoms with E-state index < -0.39 is 0 Å². The first-order valence-corrected chi connectivity index (χ1v) is 10.5. The lowest BCUT2D eigenvalue weighted by atomic mass is 9.96. The summed E-state index contributed by atoms with van der Waals surface area (Å²) in [4.78, 5) is 24.6. The predicted molar refractivity (Wildman–Crippen MR) is 111 cm³/mol. The van der Waals surface area contributed by atoms with Crippen LogP contribution in [0.1, 0.15) is 64.2 Å². The molecular weight excluding hydrogens is 356 g/mol. The van der Waals surface area contributed by atoms with Crippen molar-refractivity contribution in [2.24, 2.45) is 0 Å². The van der Waals surface area contributed by atoms with Crippen LogP contribution >= 0.6 is 0 Å². The highest BCUT2D eigenvalue weighted by Gasteiger charge is 2.18. The maximum absolute atomic E-state index is 12.4. The van der Waals surface area contributed by atoms with E-state index in [1.807, 2.05) is 0 Å². The first-order valence-electron chi connectivity index (χ1n) is 10.5. The number of rotatable bonds is 5. The van der Waals surface area contributed by atoms with Gasteiger partial charge in [0.15, 0.2) is 0 Å². The van der Waals surface area contributed by atoms with Crippen LogP contribution < -0.4 is 26.0 Å². The normalized spacial score (nSPS) is 18.2. The van der Waals surface area contributed by atoms with Crippen LogP contribution in [0, 0.1) is 0 Å². The zero-order valence-electron chi connectivity index (χ0n) is 16.7. The van der Waals surface area contributed by atoms with Gasteiger partial charge in [0.1, 0.15) is 5.75 Å². The van der Waals surface area contributed by atoms with E-state index in [1.165, 1.54) is 12.8 Å². The molecule has 1 aromatic rings. The van der Waals surface area contributed by atoms with Crippen LogP contribution in [0.4, 0.5) is 21.0 Å². The Bertz CT molecular complexity index is 668. The van der Waals surface area contributed by atoms with Gasteiger partial charge in [0.2, 0.25) is 0 Å². The summed E-state index contributed by atoms with van der Waals surface area (Å²) in [6.45, 7) is 0. The Balaban J connectivity index is 1.57. The molecule has 0 atom stereocenters. The van der Waals surface area contributed by atoms with Gasteiger partial charge in [-0.05, 0) is 43.9 Å². The monoisotopic (exact) mass is 388 g/mol. The molecule has 154 valence electrons. The van der Waals surface area contributed by atoms with Crippen molar-refractivity contribution in [2.45, 2.75) is 76.3 Å². The van der Waals surface area contributed by atoms with Crippen molar-refractivity contribution in [1.82, 2.24) is 10.6 Å². The molecule has 0 unspecified atom stereocenters. The van der Waals surface area contributed by atoms with Gasteiger partial charge in [-0.3, -0.25) is 0 Å². The smallest absolute Gasteiger partial charge is 0.319 e. The first-order chi connectivity index (χ1) is 13.6. The SMILES string of the molecule is COc1ccc(NC(=O)NC2CCCCC2)cc1NC(=O)NC1CCCCC1. The lowest BCUT2D eigenvalue weighted by molar-refractivity contribution is 0.243. The highest BCUT2D eigenvalue weighted by Crippen LogP contribution is 2.28. The molecule has 2 aliphatic rings. The fourth-order valence-corrected chi connectivity index (χ4v) is 4.07. The molecule has 2 fully saturated rings. The minimum Gasteiger partial charge on any atom is -0.495 e. The van der Waals surface area contributed by atoms with E-state index in [4.69, 9.17) is 4.74 Å². The van der Waals surface area contributed by atoms with Gasteiger partial charge in [0.25, 0.3) is 0 Å². The number of carbonyl (C=O) groups is 2. The molecule has 0 bridgehead atoms. The Morgan fingerprint density at radius 2 is 1.36 bits per heavy atom. The number of hydrogen-bond acceptors (Lipinski definition) is 3. The third-order valence-electron chi connectivity index (χ3n) is 5.59. The maximum atomic E-state index is 12.4. The fraction of sp³-hybridized carbons (Fsp3) is 0.619. The average Bonchev–Trinajstić information content (AvgIpc) is 2.69. The summed E-state index contributed by atoms with van der Waals surface area (Å²) in [5.41, 5.74) is 1.15. The Labute approximate surface area is 167 Å². The zero-order chi connectivity index (χ0) is 19.8. The number of carbonyl (C=O) groups excluding carboxylic acids is 2. The maximum Gasteiger partial charge on any atom is 0.319 e. The molecule has 7 heteroatoms. The molecule has 0 aliphatic heterocycles. The van der Waals surface area contributed by atoms with Gasteiger partial charge in [-0.2, -0.15) is 0 Å². The van der Waals surface area contributed by atoms with Crippen LogP contribution in [0.25, 0.3) is 0 Å².